The fourth-order valence-electron chi connectivity index (χ4n) is 2.41. The summed E-state index contributed by atoms with van der Waals surface area (Å²) in [4.78, 5) is 6.38. The Bertz CT molecular complexity index is 413. The van der Waals surface area contributed by atoms with Gasteiger partial charge in [0, 0.05) is 23.9 Å². The summed E-state index contributed by atoms with van der Waals surface area (Å²) in [6.45, 7) is 11.5. The van der Waals surface area contributed by atoms with Crippen LogP contribution in [-0.2, 0) is 11.3 Å². The zero-order valence-corrected chi connectivity index (χ0v) is 14.1. The topological polar surface area (TPSA) is 34.1 Å². The summed E-state index contributed by atoms with van der Waals surface area (Å²) in [6.07, 6.45) is 3.95. The quantitative estimate of drug-likeness (QED) is 0.692. The van der Waals surface area contributed by atoms with Crippen LogP contribution in [0.3, 0.4) is 0 Å². The molecule has 0 saturated heterocycles. The van der Waals surface area contributed by atoms with Gasteiger partial charge in [-0.25, -0.2) is 4.98 Å². The van der Waals surface area contributed by atoms with Gasteiger partial charge in [-0.15, -0.1) is 11.3 Å². The van der Waals surface area contributed by atoms with Crippen molar-refractivity contribution in [3.05, 3.63) is 15.6 Å². The Labute approximate surface area is 127 Å². The molecule has 1 N–H and O–H groups in total. The lowest BCUT2D eigenvalue weighted by Gasteiger charge is -2.18. The van der Waals surface area contributed by atoms with Crippen molar-refractivity contribution in [1.82, 2.24) is 10.3 Å². The van der Waals surface area contributed by atoms with E-state index in [2.05, 4.69) is 33.0 Å². The molecule has 1 aliphatic carbocycles. The minimum absolute atomic E-state index is 0.155. The van der Waals surface area contributed by atoms with Gasteiger partial charge >= 0.3 is 0 Å². The molecular weight excluding hydrogens is 268 g/mol. The predicted molar refractivity (Wildman–Crippen MR) is 85.3 cm³/mol. The molecule has 0 aliphatic heterocycles. The highest BCUT2D eigenvalue weighted by molar-refractivity contribution is 7.11. The molecule has 1 saturated carbocycles. The maximum atomic E-state index is 5.91. The molecule has 20 heavy (non-hydrogen) atoms. The molecule has 0 bridgehead atoms. The van der Waals surface area contributed by atoms with Gasteiger partial charge < -0.3 is 10.1 Å². The van der Waals surface area contributed by atoms with E-state index < -0.39 is 0 Å². The summed E-state index contributed by atoms with van der Waals surface area (Å²) in [6, 6.07) is 0. The highest BCUT2D eigenvalue weighted by Crippen LogP contribution is 2.44. The number of nitrogens with one attached hydrogen (secondary N) is 1. The summed E-state index contributed by atoms with van der Waals surface area (Å²) in [5.41, 5.74) is 1.35. The number of thiazole rings is 1. The van der Waals surface area contributed by atoms with Gasteiger partial charge in [-0.1, -0.05) is 20.8 Å². The van der Waals surface area contributed by atoms with E-state index in [4.69, 9.17) is 9.72 Å². The molecule has 0 amide bonds. The van der Waals surface area contributed by atoms with Gasteiger partial charge in [-0.2, -0.15) is 0 Å². The fraction of sp³-hybridized carbons (Fsp3) is 0.812. The zero-order chi connectivity index (χ0) is 14.5. The molecule has 1 aromatic rings. The minimum Gasteiger partial charge on any atom is -0.371 e. The molecule has 1 aliphatic rings. The molecule has 0 spiro atoms. The molecule has 1 aromatic heterocycles. The molecule has 1 fully saturated rings. The van der Waals surface area contributed by atoms with Crippen LogP contribution in [0.15, 0.2) is 0 Å². The van der Waals surface area contributed by atoms with E-state index in [9.17, 15) is 0 Å². The van der Waals surface area contributed by atoms with Crippen LogP contribution in [-0.4, -0.2) is 18.1 Å². The lowest BCUT2D eigenvalue weighted by Crippen LogP contribution is -2.13. The van der Waals surface area contributed by atoms with Crippen LogP contribution in [0.5, 0.6) is 0 Å². The first-order valence-electron chi connectivity index (χ1n) is 7.99. The summed E-state index contributed by atoms with van der Waals surface area (Å²) >= 11 is 1.86. The van der Waals surface area contributed by atoms with Crippen LogP contribution < -0.4 is 5.32 Å². The third-order valence-corrected chi connectivity index (χ3v) is 4.75. The molecule has 114 valence electrons. The zero-order valence-electron chi connectivity index (χ0n) is 13.2. The van der Waals surface area contributed by atoms with E-state index in [0.29, 0.717) is 11.8 Å². The first kappa shape index (κ1) is 15.9. The second-order valence-electron chi connectivity index (χ2n) is 5.93. The molecule has 1 unspecified atom stereocenters. The van der Waals surface area contributed by atoms with Crippen LogP contribution >= 0.6 is 11.3 Å². The number of nitrogens with zero attached hydrogens (tertiary/aromatic N) is 1. The van der Waals surface area contributed by atoms with Crippen LogP contribution in [0.4, 0.5) is 0 Å². The van der Waals surface area contributed by atoms with E-state index in [1.54, 1.807) is 0 Å². The molecule has 2 rings (SSSR count). The van der Waals surface area contributed by atoms with Crippen LogP contribution in [0, 0.1) is 5.92 Å². The summed E-state index contributed by atoms with van der Waals surface area (Å²) in [5, 5.41) is 4.70. The van der Waals surface area contributed by atoms with Crippen molar-refractivity contribution in [2.75, 3.05) is 13.2 Å². The number of hydrogen-bond acceptors (Lipinski definition) is 4. The smallest absolute Gasteiger partial charge is 0.122 e. The number of aromatic nitrogens is 1. The average molecular weight is 296 g/mol. The molecular formula is C16H28N2OS. The van der Waals surface area contributed by atoms with Crippen molar-refractivity contribution >= 4 is 11.3 Å². The van der Waals surface area contributed by atoms with Gasteiger partial charge in [-0.05, 0) is 38.6 Å². The van der Waals surface area contributed by atoms with Gasteiger partial charge in [0.05, 0.1) is 5.69 Å². The largest absolute Gasteiger partial charge is 0.371 e. The molecule has 1 heterocycles. The minimum atomic E-state index is 0.155. The van der Waals surface area contributed by atoms with Crippen LogP contribution in [0.2, 0.25) is 0 Å². The summed E-state index contributed by atoms with van der Waals surface area (Å²) < 4.78 is 5.91. The molecule has 1 atom stereocenters. The maximum absolute atomic E-state index is 5.91. The van der Waals surface area contributed by atoms with E-state index in [1.165, 1.54) is 34.8 Å². The first-order valence-corrected chi connectivity index (χ1v) is 8.80. The highest BCUT2D eigenvalue weighted by atomic mass is 32.1. The van der Waals surface area contributed by atoms with Gasteiger partial charge in [0.1, 0.15) is 11.1 Å². The van der Waals surface area contributed by atoms with Crippen molar-refractivity contribution < 1.29 is 4.74 Å². The Morgan fingerprint density at radius 2 is 2.10 bits per heavy atom. The Hall–Kier alpha value is -0.450. The number of ether oxygens (including phenoxy) is 1. The average Bonchev–Trinajstić information content (AvgIpc) is 3.18. The van der Waals surface area contributed by atoms with Crippen molar-refractivity contribution in [2.24, 2.45) is 5.92 Å². The van der Waals surface area contributed by atoms with Crippen molar-refractivity contribution in [2.45, 2.75) is 65.5 Å². The van der Waals surface area contributed by atoms with E-state index in [0.717, 1.165) is 19.7 Å². The fourth-order valence-corrected chi connectivity index (χ4v) is 3.76. The van der Waals surface area contributed by atoms with Crippen molar-refractivity contribution in [3.8, 4) is 0 Å². The number of hydrogen-bond donors (Lipinski definition) is 1. The van der Waals surface area contributed by atoms with Gasteiger partial charge in [0.15, 0.2) is 0 Å². The summed E-state index contributed by atoms with van der Waals surface area (Å²) in [5.74, 6) is 1.19. The predicted octanol–water partition coefficient (Wildman–Crippen LogP) is 4.25. The highest BCUT2D eigenvalue weighted by Gasteiger charge is 2.31. The first-order chi connectivity index (χ1) is 9.67. The van der Waals surface area contributed by atoms with E-state index in [-0.39, 0.29) is 6.10 Å². The van der Waals surface area contributed by atoms with E-state index >= 15 is 0 Å². The van der Waals surface area contributed by atoms with E-state index in [1.807, 2.05) is 11.3 Å². The SMILES string of the molecule is CCCNCc1sc(C(OCC)C(C)C)nc1C1CC1. The lowest BCUT2D eigenvalue weighted by molar-refractivity contribution is 0.0292. The van der Waals surface area contributed by atoms with Gasteiger partial charge in [0.25, 0.3) is 0 Å². The lowest BCUT2D eigenvalue weighted by atomic mass is 10.1. The Kier molecular flexibility index (Phi) is 6.00. The van der Waals surface area contributed by atoms with Crippen molar-refractivity contribution in [1.29, 1.82) is 0 Å². The third-order valence-electron chi connectivity index (χ3n) is 3.62. The third kappa shape index (κ3) is 4.03. The van der Waals surface area contributed by atoms with Gasteiger partial charge in [-0.3, -0.25) is 0 Å². The van der Waals surface area contributed by atoms with Gasteiger partial charge in [0.2, 0.25) is 0 Å². The molecule has 4 heteroatoms. The Morgan fingerprint density at radius 1 is 1.35 bits per heavy atom. The molecule has 3 nitrogen and oxygen atoms in total. The Balaban J connectivity index is 2.14. The number of rotatable bonds is 9. The maximum Gasteiger partial charge on any atom is 0.122 e. The van der Waals surface area contributed by atoms with Crippen molar-refractivity contribution in [3.63, 3.8) is 0 Å². The second-order valence-corrected chi connectivity index (χ2v) is 7.05. The van der Waals surface area contributed by atoms with Crippen LogP contribution in [0.25, 0.3) is 0 Å². The standard InChI is InChI=1S/C16H28N2OS/c1-5-9-17-10-13-14(12-7-8-12)18-16(20-13)15(11(3)4)19-6-2/h11-12,15,17H,5-10H2,1-4H3. The Morgan fingerprint density at radius 3 is 2.65 bits per heavy atom. The monoisotopic (exact) mass is 296 g/mol. The normalized spacial score (nSPS) is 16.9. The van der Waals surface area contributed by atoms with Crippen LogP contribution in [0.1, 0.15) is 74.6 Å². The molecule has 0 radical (unpaired) electrons. The summed E-state index contributed by atoms with van der Waals surface area (Å²) in [7, 11) is 0. The second kappa shape index (κ2) is 7.53. The molecule has 0 aromatic carbocycles.